The summed E-state index contributed by atoms with van der Waals surface area (Å²) in [7, 11) is 1.90. The highest BCUT2D eigenvalue weighted by atomic mass is 16.3. The molecule has 1 atom stereocenters. The van der Waals surface area contributed by atoms with Gasteiger partial charge in [0.05, 0.1) is 0 Å². The van der Waals surface area contributed by atoms with Crippen molar-refractivity contribution >= 4 is 0 Å². The Kier molecular flexibility index (Phi) is 2.92. The lowest BCUT2D eigenvalue weighted by Crippen LogP contribution is -2.11. The molecule has 3 nitrogen and oxygen atoms in total. The van der Waals surface area contributed by atoms with Crippen LogP contribution in [0.2, 0.25) is 0 Å². The van der Waals surface area contributed by atoms with Gasteiger partial charge in [0.1, 0.15) is 11.9 Å². The van der Waals surface area contributed by atoms with Crippen LogP contribution in [0.15, 0.2) is 36.7 Å². The first kappa shape index (κ1) is 11.5. The second kappa shape index (κ2) is 4.58. The molecule has 1 aromatic heterocycles. The molecule has 0 bridgehead atoms. The molecule has 1 N–H and O–H groups in total. The minimum atomic E-state index is -0.634. The maximum atomic E-state index is 10.4. The fraction of sp³-hybridized carbons (Fsp3) is 0.400. The third kappa shape index (κ3) is 1.95. The quantitative estimate of drug-likeness (QED) is 0.898. The molecular weight excluding hydrogens is 224 g/mol. The van der Waals surface area contributed by atoms with Gasteiger partial charge < -0.3 is 9.67 Å². The Morgan fingerprint density at radius 1 is 1.39 bits per heavy atom. The third-order valence-corrected chi connectivity index (χ3v) is 3.91. The van der Waals surface area contributed by atoms with Crippen molar-refractivity contribution in [2.24, 2.45) is 7.05 Å². The number of aryl methyl sites for hydroxylation is 1. The van der Waals surface area contributed by atoms with Crippen LogP contribution in [0.1, 0.15) is 48.2 Å². The van der Waals surface area contributed by atoms with Crippen molar-refractivity contribution in [3.05, 3.63) is 53.6 Å². The first-order chi connectivity index (χ1) is 8.75. The smallest absolute Gasteiger partial charge is 0.142 e. The third-order valence-electron chi connectivity index (χ3n) is 3.91. The molecule has 0 spiro atoms. The average molecular weight is 242 g/mol. The highest BCUT2D eigenvalue weighted by Gasteiger charge is 2.21. The van der Waals surface area contributed by atoms with Crippen LogP contribution in [0.25, 0.3) is 0 Å². The van der Waals surface area contributed by atoms with Gasteiger partial charge in [0.25, 0.3) is 0 Å². The zero-order valence-corrected chi connectivity index (χ0v) is 10.6. The summed E-state index contributed by atoms with van der Waals surface area (Å²) in [5.41, 5.74) is 2.29. The van der Waals surface area contributed by atoms with Gasteiger partial charge in [0.2, 0.25) is 0 Å². The summed E-state index contributed by atoms with van der Waals surface area (Å²) in [5, 5.41) is 10.4. The number of aliphatic hydroxyl groups is 1. The van der Waals surface area contributed by atoms with E-state index in [1.807, 2.05) is 29.9 Å². The summed E-state index contributed by atoms with van der Waals surface area (Å²) in [5.74, 6) is 1.39. The summed E-state index contributed by atoms with van der Waals surface area (Å²) >= 11 is 0. The fourth-order valence-electron chi connectivity index (χ4n) is 2.51. The molecule has 1 heterocycles. The molecule has 94 valence electrons. The molecule has 1 saturated carbocycles. The summed E-state index contributed by atoms with van der Waals surface area (Å²) in [6, 6.07) is 8.30. The largest absolute Gasteiger partial charge is 0.380 e. The molecule has 3 heteroatoms. The lowest BCUT2D eigenvalue weighted by Gasteiger charge is -2.26. The van der Waals surface area contributed by atoms with Crippen molar-refractivity contribution < 1.29 is 5.11 Å². The Bertz CT molecular complexity index is 543. The molecule has 3 rings (SSSR count). The fourth-order valence-corrected chi connectivity index (χ4v) is 2.51. The van der Waals surface area contributed by atoms with Gasteiger partial charge in [0, 0.05) is 19.4 Å². The Hall–Kier alpha value is -1.61. The first-order valence-corrected chi connectivity index (χ1v) is 6.51. The monoisotopic (exact) mass is 242 g/mol. The van der Waals surface area contributed by atoms with Crippen LogP contribution in [0.4, 0.5) is 0 Å². The van der Waals surface area contributed by atoms with Crippen molar-refractivity contribution in [3.63, 3.8) is 0 Å². The van der Waals surface area contributed by atoms with E-state index in [-0.39, 0.29) is 0 Å². The van der Waals surface area contributed by atoms with Crippen molar-refractivity contribution in [1.82, 2.24) is 9.55 Å². The molecule has 2 aromatic rings. The molecule has 1 aromatic carbocycles. The number of nitrogens with zero attached hydrogens (tertiary/aromatic N) is 2. The molecule has 0 aliphatic heterocycles. The van der Waals surface area contributed by atoms with E-state index < -0.39 is 6.10 Å². The molecule has 1 fully saturated rings. The van der Waals surface area contributed by atoms with Gasteiger partial charge in [-0.15, -0.1) is 0 Å². The second-order valence-electron chi connectivity index (χ2n) is 5.10. The zero-order valence-electron chi connectivity index (χ0n) is 10.6. The predicted octanol–water partition coefficient (Wildman–Crippen LogP) is 2.77. The molecule has 0 saturated heterocycles. The topological polar surface area (TPSA) is 38.0 Å². The molecule has 1 aliphatic rings. The zero-order chi connectivity index (χ0) is 12.5. The Labute approximate surface area is 107 Å². The SMILES string of the molecule is Cn1ccnc1C(O)c1cccc(C2CCC2)c1. The van der Waals surface area contributed by atoms with Crippen LogP contribution < -0.4 is 0 Å². The van der Waals surface area contributed by atoms with E-state index >= 15 is 0 Å². The number of aromatic nitrogens is 2. The van der Waals surface area contributed by atoms with Gasteiger partial charge in [-0.2, -0.15) is 0 Å². The number of hydrogen-bond acceptors (Lipinski definition) is 2. The average Bonchev–Trinajstić information content (AvgIpc) is 2.73. The van der Waals surface area contributed by atoms with Crippen LogP contribution in [0.5, 0.6) is 0 Å². The van der Waals surface area contributed by atoms with E-state index in [1.165, 1.54) is 24.8 Å². The van der Waals surface area contributed by atoms with Crippen LogP contribution in [0, 0.1) is 0 Å². The number of aliphatic hydroxyl groups excluding tert-OH is 1. The van der Waals surface area contributed by atoms with Crippen LogP contribution in [-0.2, 0) is 7.05 Å². The van der Waals surface area contributed by atoms with E-state index in [0.717, 1.165) is 5.56 Å². The molecule has 1 unspecified atom stereocenters. The van der Waals surface area contributed by atoms with Gasteiger partial charge in [-0.3, -0.25) is 0 Å². The molecule has 18 heavy (non-hydrogen) atoms. The number of rotatable bonds is 3. The summed E-state index contributed by atoms with van der Waals surface area (Å²) in [6.07, 6.45) is 6.83. The van der Waals surface area contributed by atoms with Crippen molar-refractivity contribution in [3.8, 4) is 0 Å². The highest BCUT2D eigenvalue weighted by Crippen LogP contribution is 2.37. The molecule has 0 radical (unpaired) electrons. The number of hydrogen-bond donors (Lipinski definition) is 1. The van der Waals surface area contributed by atoms with E-state index in [1.54, 1.807) is 6.20 Å². The predicted molar refractivity (Wildman–Crippen MR) is 70.3 cm³/mol. The highest BCUT2D eigenvalue weighted by molar-refractivity contribution is 5.31. The summed E-state index contributed by atoms with van der Waals surface area (Å²) < 4.78 is 1.86. The van der Waals surface area contributed by atoms with Gasteiger partial charge in [0.15, 0.2) is 0 Å². The van der Waals surface area contributed by atoms with Crippen molar-refractivity contribution in [1.29, 1.82) is 0 Å². The molecule has 0 amide bonds. The van der Waals surface area contributed by atoms with E-state index in [0.29, 0.717) is 11.7 Å². The lowest BCUT2D eigenvalue weighted by atomic mass is 9.79. The van der Waals surface area contributed by atoms with Gasteiger partial charge in [-0.05, 0) is 29.9 Å². The van der Waals surface area contributed by atoms with Crippen LogP contribution >= 0.6 is 0 Å². The van der Waals surface area contributed by atoms with Gasteiger partial charge in [-0.1, -0.05) is 30.7 Å². The van der Waals surface area contributed by atoms with E-state index in [2.05, 4.69) is 17.1 Å². The molecular formula is C15H18N2O. The van der Waals surface area contributed by atoms with Crippen LogP contribution in [-0.4, -0.2) is 14.7 Å². The number of imidazole rings is 1. The minimum absolute atomic E-state index is 0.634. The van der Waals surface area contributed by atoms with Gasteiger partial charge >= 0.3 is 0 Å². The normalized spacial score (nSPS) is 17.4. The summed E-state index contributed by atoms with van der Waals surface area (Å²) in [4.78, 5) is 4.21. The first-order valence-electron chi connectivity index (χ1n) is 6.51. The minimum Gasteiger partial charge on any atom is -0.380 e. The van der Waals surface area contributed by atoms with Gasteiger partial charge in [-0.25, -0.2) is 4.98 Å². The molecule has 1 aliphatic carbocycles. The standard InChI is InChI=1S/C15H18N2O/c1-17-9-8-16-15(17)14(18)13-7-3-6-12(10-13)11-4-2-5-11/h3,6-11,14,18H,2,4-5H2,1H3. The Balaban J connectivity index is 1.89. The number of benzene rings is 1. The Morgan fingerprint density at radius 2 is 2.22 bits per heavy atom. The maximum Gasteiger partial charge on any atom is 0.142 e. The van der Waals surface area contributed by atoms with E-state index in [4.69, 9.17) is 0 Å². The lowest BCUT2D eigenvalue weighted by molar-refractivity contribution is 0.206. The second-order valence-corrected chi connectivity index (χ2v) is 5.10. The van der Waals surface area contributed by atoms with Crippen LogP contribution in [0.3, 0.4) is 0 Å². The van der Waals surface area contributed by atoms with E-state index in [9.17, 15) is 5.11 Å². The van der Waals surface area contributed by atoms with Crippen molar-refractivity contribution in [2.75, 3.05) is 0 Å². The summed E-state index contributed by atoms with van der Waals surface area (Å²) in [6.45, 7) is 0. The maximum absolute atomic E-state index is 10.4. The van der Waals surface area contributed by atoms with Crippen molar-refractivity contribution in [2.45, 2.75) is 31.3 Å². The Morgan fingerprint density at radius 3 is 2.83 bits per heavy atom.